The van der Waals surface area contributed by atoms with Crippen LogP contribution in [0.4, 0.5) is 0 Å². The largest absolute Gasteiger partial charge is 0.409 e. The smallest absolute Gasteiger partial charge is 0.172 e. The van der Waals surface area contributed by atoms with Crippen LogP contribution >= 0.6 is 39.3 Å². The Morgan fingerprint density at radius 1 is 1.25 bits per heavy atom. The maximum Gasteiger partial charge on any atom is 0.172 e. The normalized spacial score (nSPS) is 11.6. The van der Waals surface area contributed by atoms with Gasteiger partial charge in [0.15, 0.2) is 5.84 Å². The van der Waals surface area contributed by atoms with Gasteiger partial charge < -0.3 is 10.9 Å². The van der Waals surface area contributed by atoms with Crippen LogP contribution in [0.25, 0.3) is 0 Å². The molecule has 3 N–H and O–H groups in total. The van der Waals surface area contributed by atoms with E-state index in [2.05, 4.69) is 21.1 Å². The fourth-order valence-corrected chi connectivity index (χ4v) is 3.77. The Kier molecular flexibility index (Phi) is 5.34. The van der Waals surface area contributed by atoms with E-state index in [1.54, 1.807) is 11.8 Å². The van der Waals surface area contributed by atoms with Crippen LogP contribution in [0.3, 0.4) is 0 Å². The zero-order valence-electron chi connectivity index (χ0n) is 10.4. The molecule has 0 bridgehead atoms. The molecule has 3 nitrogen and oxygen atoms in total. The molecule has 0 amide bonds. The van der Waals surface area contributed by atoms with Gasteiger partial charge in [0, 0.05) is 25.7 Å². The van der Waals surface area contributed by atoms with Gasteiger partial charge in [-0.3, -0.25) is 0 Å². The number of thioether (sulfide) groups is 1. The minimum Gasteiger partial charge on any atom is -0.409 e. The highest BCUT2D eigenvalue weighted by Gasteiger charge is 2.12. The summed E-state index contributed by atoms with van der Waals surface area (Å²) in [6.07, 6.45) is 0. The lowest BCUT2D eigenvalue weighted by atomic mass is 10.2. The maximum atomic E-state index is 8.88. The van der Waals surface area contributed by atoms with Crippen molar-refractivity contribution < 1.29 is 5.21 Å². The molecule has 0 aromatic heterocycles. The average Bonchev–Trinajstić information content (AvgIpc) is 2.46. The SMILES string of the molecule is N/C(=N/O)c1c(Br)cccc1SCc1ccccc1Cl. The van der Waals surface area contributed by atoms with Crippen LogP contribution in [0.1, 0.15) is 11.1 Å². The van der Waals surface area contributed by atoms with Crippen molar-refractivity contribution in [3.8, 4) is 0 Å². The third kappa shape index (κ3) is 3.48. The second kappa shape index (κ2) is 7.02. The molecule has 0 spiro atoms. The number of rotatable bonds is 4. The molecule has 2 aromatic carbocycles. The van der Waals surface area contributed by atoms with Crippen molar-refractivity contribution in [2.45, 2.75) is 10.6 Å². The van der Waals surface area contributed by atoms with Crippen LogP contribution in [0.15, 0.2) is 57.0 Å². The molecule has 0 saturated carbocycles. The van der Waals surface area contributed by atoms with E-state index in [9.17, 15) is 0 Å². The highest BCUT2D eigenvalue weighted by atomic mass is 79.9. The van der Waals surface area contributed by atoms with Crippen LogP contribution < -0.4 is 5.73 Å². The fraction of sp³-hybridized carbons (Fsp3) is 0.0714. The average molecular weight is 372 g/mol. The summed E-state index contributed by atoms with van der Waals surface area (Å²) in [6.45, 7) is 0. The second-order valence-corrected chi connectivity index (χ2v) is 6.26. The molecular formula is C14H12BrClN2OS. The summed E-state index contributed by atoms with van der Waals surface area (Å²) < 4.78 is 0.789. The molecular weight excluding hydrogens is 360 g/mol. The molecule has 0 saturated heterocycles. The predicted molar refractivity (Wildman–Crippen MR) is 87.7 cm³/mol. The molecule has 0 fully saturated rings. The maximum absolute atomic E-state index is 8.88. The lowest BCUT2D eigenvalue weighted by Crippen LogP contribution is -2.15. The van der Waals surface area contributed by atoms with Crippen LogP contribution in [0.5, 0.6) is 0 Å². The van der Waals surface area contributed by atoms with Gasteiger partial charge in [0.05, 0.1) is 0 Å². The number of nitrogens with two attached hydrogens (primary N) is 1. The number of halogens is 2. The Morgan fingerprint density at radius 2 is 2.00 bits per heavy atom. The van der Waals surface area contributed by atoms with Crippen LogP contribution in [0.2, 0.25) is 5.02 Å². The third-order valence-electron chi connectivity index (χ3n) is 2.68. The lowest BCUT2D eigenvalue weighted by molar-refractivity contribution is 0.318. The Bertz CT molecular complexity index is 649. The van der Waals surface area contributed by atoms with Crippen LogP contribution in [-0.4, -0.2) is 11.0 Å². The molecule has 0 radical (unpaired) electrons. The van der Waals surface area contributed by atoms with Gasteiger partial charge in [0.1, 0.15) is 0 Å². The molecule has 0 heterocycles. The van der Waals surface area contributed by atoms with Crippen molar-refractivity contribution in [1.82, 2.24) is 0 Å². The topological polar surface area (TPSA) is 58.6 Å². The first-order chi connectivity index (χ1) is 9.63. The highest BCUT2D eigenvalue weighted by molar-refractivity contribution is 9.10. The van der Waals surface area contributed by atoms with Crippen molar-refractivity contribution in [3.63, 3.8) is 0 Å². The summed E-state index contributed by atoms with van der Waals surface area (Å²) in [7, 11) is 0. The molecule has 20 heavy (non-hydrogen) atoms. The summed E-state index contributed by atoms with van der Waals surface area (Å²) in [5.74, 6) is 0.793. The summed E-state index contributed by atoms with van der Waals surface area (Å²) in [4.78, 5) is 0.926. The minimum absolute atomic E-state index is 0.0825. The Morgan fingerprint density at radius 3 is 2.70 bits per heavy atom. The Labute approximate surface area is 134 Å². The van der Waals surface area contributed by atoms with E-state index in [0.717, 1.165) is 20.0 Å². The van der Waals surface area contributed by atoms with Crippen LogP contribution in [0, 0.1) is 0 Å². The first-order valence-corrected chi connectivity index (χ1v) is 7.91. The molecule has 0 atom stereocenters. The van der Waals surface area contributed by atoms with Gasteiger partial charge in [-0.15, -0.1) is 11.8 Å². The monoisotopic (exact) mass is 370 g/mol. The standard InChI is InChI=1S/C14H12BrClN2OS/c15-10-5-3-7-12(13(10)14(17)18-19)20-8-9-4-1-2-6-11(9)16/h1-7,19H,8H2,(H2,17,18). The number of benzene rings is 2. The number of hydrogen-bond acceptors (Lipinski definition) is 3. The minimum atomic E-state index is 0.0825. The number of oxime groups is 1. The molecule has 2 aromatic rings. The molecule has 2 rings (SSSR count). The highest BCUT2D eigenvalue weighted by Crippen LogP contribution is 2.32. The third-order valence-corrected chi connectivity index (χ3v) is 4.82. The first-order valence-electron chi connectivity index (χ1n) is 5.76. The summed E-state index contributed by atoms with van der Waals surface area (Å²) in [6, 6.07) is 13.4. The van der Waals surface area contributed by atoms with Gasteiger partial charge >= 0.3 is 0 Å². The molecule has 0 aliphatic carbocycles. The summed E-state index contributed by atoms with van der Waals surface area (Å²) in [5.41, 5.74) is 7.46. The van der Waals surface area contributed by atoms with Gasteiger partial charge in [-0.2, -0.15) is 0 Å². The van der Waals surface area contributed by atoms with E-state index in [-0.39, 0.29) is 5.84 Å². The van der Waals surface area contributed by atoms with Crippen molar-refractivity contribution in [1.29, 1.82) is 0 Å². The summed E-state index contributed by atoms with van der Waals surface area (Å²) in [5, 5.41) is 12.7. The van der Waals surface area contributed by atoms with Crippen molar-refractivity contribution in [3.05, 3.63) is 63.1 Å². The number of amidine groups is 1. The zero-order chi connectivity index (χ0) is 14.5. The van der Waals surface area contributed by atoms with Gasteiger partial charge in [-0.25, -0.2) is 0 Å². The Balaban J connectivity index is 2.27. The van der Waals surface area contributed by atoms with Gasteiger partial charge in [-0.05, 0) is 39.7 Å². The second-order valence-electron chi connectivity index (χ2n) is 3.98. The molecule has 0 aliphatic rings. The molecule has 0 aliphatic heterocycles. The number of nitrogens with zero attached hydrogens (tertiary/aromatic N) is 1. The summed E-state index contributed by atoms with van der Waals surface area (Å²) >= 11 is 11.1. The van der Waals surface area contributed by atoms with E-state index in [1.807, 2.05) is 42.5 Å². The lowest BCUT2D eigenvalue weighted by Gasteiger charge is -2.10. The van der Waals surface area contributed by atoms with E-state index in [4.69, 9.17) is 22.5 Å². The predicted octanol–water partition coefficient (Wildman–Crippen LogP) is 4.49. The van der Waals surface area contributed by atoms with Crippen molar-refractivity contribution in [2.75, 3.05) is 0 Å². The fourth-order valence-electron chi connectivity index (χ4n) is 1.69. The zero-order valence-corrected chi connectivity index (χ0v) is 13.5. The van der Waals surface area contributed by atoms with Crippen molar-refractivity contribution in [2.24, 2.45) is 10.9 Å². The van der Waals surface area contributed by atoms with E-state index in [1.165, 1.54) is 0 Å². The van der Waals surface area contributed by atoms with Gasteiger partial charge in [-0.1, -0.05) is 41.0 Å². The van der Waals surface area contributed by atoms with Crippen molar-refractivity contribution >= 4 is 45.1 Å². The number of hydrogen-bond donors (Lipinski definition) is 2. The van der Waals surface area contributed by atoms with Gasteiger partial charge in [0.2, 0.25) is 0 Å². The quantitative estimate of drug-likeness (QED) is 0.274. The van der Waals surface area contributed by atoms with E-state index >= 15 is 0 Å². The molecule has 0 unspecified atom stereocenters. The van der Waals surface area contributed by atoms with Crippen LogP contribution in [-0.2, 0) is 5.75 Å². The first kappa shape index (κ1) is 15.2. The molecule has 104 valence electrons. The van der Waals surface area contributed by atoms with Gasteiger partial charge in [0.25, 0.3) is 0 Å². The van der Waals surface area contributed by atoms with E-state index in [0.29, 0.717) is 11.3 Å². The van der Waals surface area contributed by atoms with E-state index < -0.39 is 0 Å². The molecule has 6 heteroatoms. The Hall–Kier alpha value is -1.17.